The topological polar surface area (TPSA) is 29.5 Å². The summed E-state index contributed by atoms with van der Waals surface area (Å²) in [5.41, 5.74) is 0. The maximum Gasteiger partial charge on any atom is 0.139 e. The lowest BCUT2D eigenvalue weighted by Gasteiger charge is -2.08. The largest absolute Gasteiger partial charge is 0.387 e. The maximum absolute atomic E-state index is 9.00. The molecule has 0 radical (unpaired) electrons. The molecule has 0 saturated carbocycles. The van der Waals surface area contributed by atoms with Gasteiger partial charge in [0, 0.05) is 6.00 Å². The van der Waals surface area contributed by atoms with Gasteiger partial charge in [-0.1, -0.05) is 12.2 Å². The predicted molar refractivity (Wildman–Crippen MR) is 38.0 cm³/mol. The highest BCUT2D eigenvalue weighted by Crippen LogP contribution is 2.02. The van der Waals surface area contributed by atoms with Gasteiger partial charge in [-0.15, -0.1) is 0 Å². The van der Waals surface area contributed by atoms with Gasteiger partial charge in [0.1, 0.15) is 7.85 Å². The summed E-state index contributed by atoms with van der Waals surface area (Å²) in [5.74, 6) is 0. The zero-order valence-corrected chi connectivity index (χ0v) is 5.58. The van der Waals surface area contributed by atoms with Gasteiger partial charge in [0.15, 0.2) is 0 Å². The van der Waals surface area contributed by atoms with Crippen LogP contribution in [0.2, 0.25) is 0 Å². The van der Waals surface area contributed by atoms with Crippen LogP contribution in [0.25, 0.3) is 0 Å². The number of rotatable bonds is 0. The summed E-state index contributed by atoms with van der Waals surface area (Å²) in [6, 6.07) is 0.262. The molecule has 1 heterocycles. The van der Waals surface area contributed by atoms with E-state index in [1.54, 1.807) is 6.08 Å². The molecule has 1 rings (SSSR count). The van der Waals surface area contributed by atoms with E-state index in [9.17, 15) is 0 Å². The van der Waals surface area contributed by atoms with E-state index in [1.807, 2.05) is 13.9 Å². The van der Waals surface area contributed by atoms with Crippen molar-refractivity contribution < 1.29 is 9.84 Å². The maximum atomic E-state index is 9.00. The quantitative estimate of drug-likeness (QED) is 0.343. The van der Waals surface area contributed by atoms with Gasteiger partial charge in [-0.25, -0.2) is 0 Å². The average Bonchev–Trinajstić information content (AvgIpc) is 1.97. The van der Waals surface area contributed by atoms with Crippen molar-refractivity contribution in [3.05, 3.63) is 12.2 Å². The number of aliphatic hydroxyl groups excluding tert-OH is 1. The van der Waals surface area contributed by atoms with E-state index in [4.69, 9.17) is 9.84 Å². The minimum Gasteiger partial charge on any atom is -0.387 e. The van der Waals surface area contributed by atoms with Gasteiger partial charge in [0.25, 0.3) is 0 Å². The van der Waals surface area contributed by atoms with Crippen LogP contribution in [0, 0.1) is 0 Å². The third-order valence-electron chi connectivity index (χ3n) is 1.38. The Kier molecular flexibility index (Phi) is 2.31. The molecule has 1 aliphatic rings. The van der Waals surface area contributed by atoms with Crippen molar-refractivity contribution >= 4 is 7.85 Å². The third-order valence-corrected chi connectivity index (χ3v) is 1.38. The van der Waals surface area contributed by atoms with Gasteiger partial charge in [-0.2, -0.15) is 0 Å². The number of hydrogen-bond acceptors (Lipinski definition) is 2. The molecule has 0 amide bonds. The zero-order valence-electron chi connectivity index (χ0n) is 5.58. The monoisotopic (exact) mass is 126 g/mol. The molecule has 0 saturated heterocycles. The van der Waals surface area contributed by atoms with Crippen LogP contribution < -0.4 is 0 Å². The molecule has 9 heavy (non-hydrogen) atoms. The van der Waals surface area contributed by atoms with Crippen molar-refractivity contribution in [3.8, 4) is 0 Å². The summed E-state index contributed by atoms with van der Waals surface area (Å²) in [4.78, 5) is 0. The van der Waals surface area contributed by atoms with Crippen LogP contribution in [0.1, 0.15) is 6.42 Å². The summed E-state index contributed by atoms with van der Waals surface area (Å²) in [7, 11) is 2.00. The molecule has 2 atom stereocenters. The second kappa shape index (κ2) is 3.04. The Hall–Kier alpha value is -0.275. The van der Waals surface area contributed by atoms with Gasteiger partial charge < -0.3 is 9.84 Å². The van der Waals surface area contributed by atoms with E-state index in [0.29, 0.717) is 6.61 Å². The SMILES string of the molecule is B[C@H]1CC=C[C@H](O)CO1. The average molecular weight is 126 g/mol. The fourth-order valence-corrected chi connectivity index (χ4v) is 0.814. The molecule has 1 N–H and O–H groups in total. The van der Waals surface area contributed by atoms with Gasteiger partial charge >= 0.3 is 0 Å². The van der Waals surface area contributed by atoms with Crippen LogP contribution in [0.15, 0.2) is 12.2 Å². The molecule has 0 unspecified atom stereocenters. The minimum atomic E-state index is -0.394. The fraction of sp³-hybridized carbons (Fsp3) is 0.667. The van der Waals surface area contributed by atoms with Crippen LogP contribution >= 0.6 is 0 Å². The van der Waals surface area contributed by atoms with Crippen molar-refractivity contribution in [2.75, 3.05) is 6.61 Å². The van der Waals surface area contributed by atoms with Crippen molar-refractivity contribution in [2.24, 2.45) is 0 Å². The summed E-state index contributed by atoms with van der Waals surface area (Å²) in [5, 5.41) is 9.00. The normalized spacial score (nSPS) is 36.1. The Morgan fingerprint density at radius 1 is 1.67 bits per heavy atom. The van der Waals surface area contributed by atoms with E-state index in [-0.39, 0.29) is 6.00 Å². The summed E-state index contributed by atoms with van der Waals surface area (Å²) >= 11 is 0. The zero-order chi connectivity index (χ0) is 6.69. The van der Waals surface area contributed by atoms with E-state index >= 15 is 0 Å². The molecular formula is C6H11BO2. The van der Waals surface area contributed by atoms with Crippen LogP contribution in [0.5, 0.6) is 0 Å². The highest BCUT2D eigenvalue weighted by molar-refractivity contribution is 6.11. The predicted octanol–water partition coefficient (Wildman–Crippen LogP) is -0.717. The van der Waals surface area contributed by atoms with Crippen molar-refractivity contribution in [1.29, 1.82) is 0 Å². The van der Waals surface area contributed by atoms with Crippen LogP contribution in [0.4, 0.5) is 0 Å². The standard InChI is InChI=1S/C6H11BO2/c7-6-3-1-2-5(8)4-9-6/h1-2,5-6,8H,3-4,7H2/t5-,6+/m0/s1. The Morgan fingerprint density at radius 3 is 3.22 bits per heavy atom. The lowest BCUT2D eigenvalue weighted by atomic mass is 9.97. The van der Waals surface area contributed by atoms with Gasteiger partial charge in [-0.3, -0.25) is 0 Å². The molecular weight excluding hydrogens is 115 g/mol. The molecule has 0 spiro atoms. The van der Waals surface area contributed by atoms with E-state index < -0.39 is 6.10 Å². The first-order chi connectivity index (χ1) is 4.29. The van der Waals surface area contributed by atoms with E-state index in [0.717, 1.165) is 6.42 Å². The molecule has 0 aliphatic carbocycles. The minimum absolute atomic E-state index is 0.262. The highest BCUT2D eigenvalue weighted by atomic mass is 16.5. The smallest absolute Gasteiger partial charge is 0.139 e. The Morgan fingerprint density at radius 2 is 2.44 bits per heavy atom. The first kappa shape index (κ1) is 6.84. The Balaban J connectivity index is 2.39. The van der Waals surface area contributed by atoms with Gasteiger partial charge in [0.2, 0.25) is 0 Å². The Labute approximate surface area is 55.9 Å². The molecule has 50 valence electrons. The summed E-state index contributed by atoms with van der Waals surface area (Å²) in [6.45, 7) is 0.442. The molecule has 0 bridgehead atoms. The lowest BCUT2D eigenvalue weighted by molar-refractivity contribution is 0.0497. The molecule has 2 nitrogen and oxygen atoms in total. The second-order valence-electron chi connectivity index (χ2n) is 2.38. The molecule has 0 aromatic carbocycles. The van der Waals surface area contributed by atoms with Crippen molar-refractivity contribution in [3.63, 3.8) is 0 Å². The number of hydrogen-bond donors (Lipinski definition) is 1. The second-order valence-corrected chi connectivity index (χ2v) is 2.38. The van der Waals surface area contributed by atoms with Crippen molar-refractivity contribution in [2.45, 2.75) is 18.5 Å². The molecule has 0 aromatic rings. The lowest BCUT2D eigenvalue weighted by Crippen LogP contribution is -2.16. The number of ether oxygens (including phenoxy) is 1. The molecule has 0 fully saturated rings. The Bertz CT molecular complexity index is 114. The first-order valence-corrected chi connectivity index (χ1v) is 3.25. The van der Waals surface area contributed by atoms with Crippen LogP contribution in [0.3, 0.4) is 0 Å². The fourth-order valence-electron chi connectivity index (χ4n) is 0.814. The third kappa shape index (κ3) is 2.20. The molecule has 1 aliphatic heterocycles. The number of aliphatic hydroxyl groups is 1. The van der Waals surface area contributed by atoms with Gasteiger partial charge in [-0.05, 0) is 6.42 Å². The van der Waals surface area contributed by atoms with Crippen LogP contribution in [-0.2, 0) is 4.74 Å². The summed E-state index contributed by atoms with van der Waals surface area (Å²) < 4.78 is 5.20. The summed E-state index contributed by atoms with van der Waals surface area (Å²) in [6.07, 6.45) is 4.26. The van der Waals surface area contributed by atoms with E-state index in [2.05, 4.69) is 0 Å². The van der Waals surface area contributed by atoms with Crippen LogP contribution in [-0.4, -0.2) is 31.7 Å². The van der Waals surface area contributed by atoms with Crippen molar-refractivity contribution in [1.82, 2.24) is 0 Å². The highest BCUT2D eigenvalue weighted by Gasteiger charge is 2.07. The molecule has 3 heteroatoms. The van der Waals surface area contributed by atoms with E-state index in [1.165, 1.54) is 0 Å². The molecule has 0 aromatic heterocycles. The van der Waals surface area contributed by atoms with Gasteiger partial charge in [0.05, 0.1) is 12.7 Å². The first-order valence-electron chi connectivity index (χ1n) is 3.25.